The maximum atomic E-state index is 13.7. The Hall–Kier alpha value is -1.92. The predicted octanol–water partition coefficient (Wildman–Crippen LogP) is 4.95. The third kappa shape index (κ3) is 4.83. The molecule has 6 nitrogen and oxygen atoms in total. The zero-order valence-electron chi connectivity index (χ0n) is 22.4. The molecular formula is C30H45N3O3. The summed E-state index contributed by atoms with van der Waals surface area (Å²) in [7, 11) is 4.36. The van der Waals surface area contributed by atoms with E-state index in [9.17, 15) is 14.7 Å². The number of amides is 2. The fraction of sp³-hybridized carbons (Fsp3) is 0.733. The van der Waals surface area contributed by atoms with Gasteiger partial charge in [0.1, 0.15) is 0 Å². The Bertz CT molecular complexity index is 928. The molecule has 1 N–H and O–H groups in total. The molecule has 4 aliphatic rings. The smallest absolute Gasteiger partial charge is 0.321 e. The van der Waals surface area contributed by atoms with Gasteiger partial charge in [0.05, 0.1) is 17.7 Å². The fourth-order valence-electron chi connectivity index (χ4n) is 7.46. The first kappa shape index (κ1) is 25.7. The van der Waals surface area contributed by atoms with Gasteiger partial charge in [0, 0.05) is 25.0 Å². The molecule has 198 valence electrons. The van der Waals surface area contributed by atoms with Crippen molar-refractivity contribution in [2.45, 2.75) is 100 Å². The van der Waals surface area contributed by atoms with Crippen LogP contribution in [0.1, 0.15) is 89.0 Å². The Kier molecular flexibility index (Phi) is 7.21. The third-order valence-electron chi connectivity index (χ3n) is 10.2. The Morgan fingerprint density at radius 2 is 1.67 bits per heavy atom. The van der Waals surface area contributed by atoms with Gasteiger partial charge in [-0.15, -0.1) is 0 Å². The number of benzene rings is 1. The van der Waals surface area contributed by atoms with E-state index in [4.69, 9.17) is 0 Å². The second kappa shape index (κ2) is 10.1. The highest BCUT2D eigenvalue weighted by molar-refractivity contribution is 5.87. The molecule has 2 amide bonds. The zero-order valence-corrected chi connectivity index (χ0v) is 22.4. The van der Waals surface area contributed by atoms with Crippen LogP contribution in [0.3, 0.4) is 0 Å². The van der Waals surface area contributed by atoms with Crippen LogP contribution in [0, 0.1) is 5.92 Å². The van der Waals surface area contributed by atoms with Gasteiger partial charge in [-0.2, -0.15) is 0 Å². The van der Waals surface area contributed by atoms with Gasteiger partial charge in [-0.1, -0.05) is 49.6 Å². The fourth-order valence-corrected chi connectivity index (χ4v) is 7.46. The van der Waals surface area contributed by atoms with Crippen molar-refractivity contribution < 1.29 is 14.7 Å². The first-order valence-corrected chi connectivity index (χ1v) is 14.3. The van der Waals surface area contributed by atoms with Crippen LogP contribution in [0.25, 0.3) is 0 Å². The topological polar surface area (TPSA) is 64.1 Å². The van der Waals surface area contributed by atoms with Gasteiger partial charge in [0.25, 0.3) is 0 Å². The number of carbonyl (C=O) groups is 2. The SMILES string of the molecule is CN(C)C1(c2ccccc2)CCC2(CC1)CN(CC(=O)CCC1(O)CCCC1)C(=O)N2CC1CCC1. The van der Waals surface area contributed by atoms with Crippen LogP contribution < -0.4 is 0 Å². The van der Waals surface area contributed by atoms with Gasteiger partial charge < -0.3 is 14.9 Å². The molecule has 3 aliphatic carbocycles. The Balaban J connectivity index is 1.30. The average Bonchev–Trinajstić information content (AvgIpc) is 3.38. The van der Waals surface area contributed by atoms with E-state index < -0.39 is 5.60 Å². The minimum atomic E-state index is -0.668. The Morgan fingerprint density at radius 1 is 1.00 bits per heavy atom. The highest BCUT2D eigenvalue weighted by Gasteiger charge is 2.55. The van der Waals surface area contributed by atoms with E-state index in [1.165, 1.54) is 24.8 Å². The van der Waals surface area contributed by atoms with Crippen LogP contribution in [0.2, 0.25) is 0 Å². The van der Waals surface area contributed by atoms with Crippen molar-refractivity contribution >= 4 is 11.8 Å². The zero-order chi connectivity index (χ0) is 25.4. The molecule has 1 heterocycles. The molecule has 0 aromatic heterocycles. The van der Waals surface area contributed by atoms with Crippen molar-refractivity contribution in [3.05, 3.63) is 35.9 Å². The molecule has 5 rings (SSSR count). The van der Waals surface area contributed by atoms with E-state index in [1.54, 1.807) is 0 Å². The summed E-state index contributed by atoms with van der Waals surface area (Å²) >= 11 is 0. The van der Waals surface area contributed by atoms with Crippen LogP contribution in [-0.2, 0) is 10.3 Å². The van der Waals surface area contributed by atoms with Crippen LogP contribution >= 0.6 is 0 Å². The Labute approximate surface area is 217 Å². The molecule has 36 heavy (non-hydrogen) atoms. The summed E-state index contributed by atoms with van der Waals surface area (Å²) < 4.78 is 0. The molecule has 0 unspecified atom stereocenters. The molecule has 1 saturated heterocycles. The molecule has 0 atom stereocenters. The van der Waals surface area contributed by atoms with Crippen LogP contribution in [0.15, 0.2) is 30.3 Å². The van der Waals surface area contributed by atoms with E-state index in [0.29, 0.717) is 25.3 Å². The van der Waals surface area contributed by atoms with Gasteiger partial charge >= 0.3 is 6.03 Å². The van der Waals surface area contributed by atoms with Gasteiger partial charge in [0.15, 0.2) is 5.78 Å². The van der Waals surface area contributed by atoms with Crippen molar-refractivity contribution in [3.63, 3.8) is 0 Å². The second-order valence-electron chi connectivity index (χ2n) is 12.5. The standard InChI is InChI=1S/C30H45N3O3/c1-31(2)30(25-11-4-3-5-12-25)19-17-28(18-20-30)23-32(27(35)33(28)21-24-9-8-10-24)22-26(34)13-16-29(36)14-6-7-15-29/h3-5,11-12,24,36H,6-10,13-23H2,1-2H3. The van der Waals surface area contributed by atoms with Crippen molar-refractivity contribution in [2.75, 3.05) is 33.7 Å². The summed E-state index contributed by atoms with van der Waals surface area (Å²) in [5.74, 6) is 0.694. The van der Waals surface area contributed by atoms with Crippen LogP contribution in [-0.4, -0.2) is 76.5 Å². The van der Waals surface area contributed by atoms with Gasteiger partial charge in [-0.05, 0) is 83.4 Å². The highest BCUT2D eigenvalue weighted by Crippen LogP contribution is 2.49. The number of aliphatic hydroxyl groups is 1. The highest BCUT2D eigenvalue weighted by atomic mass is 16.3. The largest absolute Gasteiger partial charge is 0.390 e. The maximum absolute atomic E-state index is 13.7. The van der Waals surface area contributed by atoms with Crippen molar-refractivity contribution in [1.29, 1.82) is 0 Å². The van der Waals surface area contributed by atoms with Crippen molar-refractivity contribution in [1.82, 2.24) is 14.7 Å². The molecular weight excluding hydrogens is 450 g/mol. The van der Waals surface area contributed by atoms with Crippen molar-refractivity contribution in [2.24, 2.45) is 5.92 Å². The van der Waals surface area contributed by atoms with E-state index in [0.717, 1.165) is 57.9 Å². The quantitative estimate of drug-likeness (QED) is 0.527. The number of hydrogen-bond acceptors (Lipinski definition) is 4. The minimum Gasteiger partial charge on any atom is -0.390 e. The first-order valence-electron chi connectivity index (χ1n) is 14.3. The number of nitrogens with zero attached hydrogens (tertiary/aromatic N) is 3. The lowest BCUT2D eigenvalue weighted by atomic mass is 9.68. The van der Waals surface area contributed by atoms with Crippen LogP contribution in [0.4, 0.5) is 4.79 Å². The van der Waals surface area contributed by atoms with Crippen molar-refractivity contribution in [3.8, 4) is 0 Å². The summed E-state index contributed by atoms with van der Waals surface area (Å²) in [5.41, 5.74) is 0.498. The van der Waals surface area contributed by atoms with E-state index in [1.807, 2.05) is 4.90 Å². The molecule has 0 radical (unpaired) electrons. The van der Waals surface area contributed by atoms with Crippen LogP contribution in [0.5, 0.6) is 0 Å². The summed E-state index contributed by atoms with van der Waals surface area (Å²) in [6.07, 6.45) is 12.2. The predicted molar refractivity (Wildman–Crippen MR) is 142 cm³/mol. The average molecular weight is 496 g/mol. The lowest BCUT2D eigenvalue weighted by Crippen LogP contribution is -2.56. The molecule has 3 saturated carbocycles. The monoisotopic (exact) mass is 495 g/mol. The number of hydrogen-bond donors (Lipinski definition) is 1. The summed E-state index contributed by atoms with van der Waals surface area (Å²) in [5, 5.41) is 10.7. The normalized spacial score (nSPS) is 30.4. The molecule has 1 aliphatic heterocycles. The van der Waals surface area contributed by atoms with Gasteiger partial charge in [-0.3, -0.25) is 9.69 Å². The maximum Gasteiger partial charge on any atom is 0.321 e. The van der Waals surface area contributed by atoms with E-state index in [2.05, 4.69) is 54.2 Å². The number of Topliss-reactive ketones (excluding diaryl/α,β-unsaturated/α-hetero) is 1. The number of rotatable bonds is 9. The summed E-state index contributed by atoms with van der Waals surface area (Å²) in [6, 6.07) is 10.9. The number of urea groups is 1. The first-order chi connectivity index (χ1) is 17.3. The Morgan fingerprint density at radius 3 is 2.25 bits per heavy atom. The number of carbonyl (C=O) groups excluding carboxylic acids is 2. The third-order valence-corrected chi connectivity index (χ3v) is 10.2. The summed E-state index contributed by atoms with van der Waals surface area (Å²) in [4.78, 5) is 33.1. The molecule has 1 aromatic carbocycles. The van der Waals surface area contributed by atoms with Gasteiger partial charge in [0.2, 0.25) is 0 Å². The lowest BCUT2D eigenvalue weighted by Gasteiger charge is -2.51. The lowest BCUT2D eigenvalue weighted by molar-refractivity contribution is -0.120. The van der Waals surface area contributed by atoms with E-state index in [-0.39, 0.29) is 29.4 Å². The molecule has 1 spiro atoms. The second-order valence-corrected chi connectivity index (χ2v) is 12.5. The molecule has 4 fully saturated rings. The number of ketones is 1. The molecule has 0 bridgehead atoms. The minimum absolute atomic E-state index is 0.0162. The van der Waals surface area contributed by atoms with E-state index >= 15 is 0 Å². The summed E-state index contributed by atoms with van der Waals surface area (Å²) in [6.45, 7) is 1.69. The van der Waals surface area contributed by atoms with Gasteiger partial charge in [-0.25, -0.2) is 4.79 Å². The molecule has 1 aromatic rings. The molecule has 6 heteroatoms.